The first kappa shape index (κ1) is 14.6. The summed E-state index contributed by atoms with van der Waals surface area (Å²) in [5.74, 6) is 0. The molecule has 1 aromatic heterocycles. The molecule has 1 aliphatic rings. The van der Waals surface area contributed by atoms with Gasteiger partial charge in [-0.1, -0.05) is 29.0 Å². The molecular weight excluding hydrogens is 330 g/mol. The van der Waals surface area contributed by atoms with Gasteiger partial charge in [0.05, 0.1) is 11.9 Å². The average molecular weight is 344 g/mol. The predicted octanol–water partition coefficient (Wildman–Crippen LogP) is 3.20. The second-order valence-electron chi connectivity index (χ2n) is 4.78. The Bertz CT molecular complexity index is 739. The Morgan fingerprint density at radius 1 is 1.29 bits per heavy atom. The number of benzene rings is 1. The number of thiazole rings is 1. The van der Waals surface area contributed by atoms with Crippen LogP contribution < -0.4 is 9.62 Å². The van der Waals surface area contributed by atoms with E-state index in [9.17, 15) is 8.42 Å². The van der Waals surface area contributed by atoms with Crippen LogP contribution in [0.3, 0.4) is 0 Å². The van der Waals surface area contributed by atoms with E-state index in [1.165, 1.54) is 19.0 Å². The van der Waals surface area contributed by atoms with Crippen LogP contribution in [0.4, 0.5) is 11.4 Å². The molecular formula is C13H14ClN3O2S2. The molecule has 2 aromatic rings. The number of halogens is 1. The topological polar surface area (TPSA) is 62.3 Å². The number of aromatic nitrogens is 1. The smallest absolute Gasteiger partial charge is 0.273 e. The summed E-state index contributed by atoms with van der Waals surface area (Å²) in [6.45, 7) is 2.03. The zero-order valence-corrected chi connectivity index (χ0v) is 13.5. The van der Waals surface area contributed by atoms with Crippen molar-refractivity contribution in [3.05, 3.63) is 34.9 Å². The van der Waals surface area contributed by atoms with E-state index < -0.39 is 10.0 Å². The molecule has 2 heterocycles. The van der Waals surface area contributed by atoms with E-state index in [0.717, 1.165) is 30.1 Å². The van der Waals surface area contributed by atoms with Gasteiger partial charge in [0, 0.05) is 18.8 Å². The minimum atomic E-state index is -3.63. The highest BCUT2D eigenvalue weighted by molar-refractivity contribution is 7.94. The lowest BCUT2D eigenvalue weighted by Crippen LogP contribution is -2.18. The van der Waals surface area contributed by atoms with Crippen LogP contribution in [0.15, 0.2) is 34.7 Å². The van der Waals surface area contributed by atoms with Crippen molar-refractivity contribution in [1.29, 1.82) is 0 Å². The molecule has 3 rings (SSSR count). The number of anilines is 2. The first-order valence-corrected chi connectivity index (χ1v) is 9.21. The van der Waals surface area contributed by atoms with Gasteiger partial charge in [-0.05, 0) is 31.0 Å². The normalized spacial score (nSPS) is 15.4. The van der Waals surface area contributed by atoms with Crippen molar-refractivity contribution in [1.82, 2.24) is 4.98 Å². The lowest BCUT2D eigenvalue weighted by atomic mass is 10.2. The summed E-state index contributed by atoms with van der Waals surface area (Å²) >= 11 is 6.63. The molecule has 8 heteroatoms. The molecule has 5 nitrogen and oxygen atoms in total. The van der Waals surface area contributed by atoms with Crippen LogP contribution in [-0.4, -0.2) is 26.5 Å². The molecule has 0 atom stereocenters. The largest absolute Gasteiger partial charge is 0.371 e. The van der Waals surface area contributed by atoms with Gasteiger partial charge >= 0.3 is 0 Å². The van der Waals surface area contributed by atoms with Gasteiger partial charge < -0.3 is 4.90 Å². The zero-order chi connectivity index (χ0) is 14.9. The number of nitrogens with one attached hydrogen (secondary N) is 1. The van der Waals surface area contributed by atoms with Gasteiger partial charge in [0.15, 0.2) is 8.68 Å². The quantitative estimate of drug-likeness (QED) is 0.926. The van der Waals surface area contributed by atoms with Crippen LogP contribution in [-0.2, 0) is 10.0 Å². The fourth-order valence-corrected chi connectivity index (χ4v) is 4.65. The lowest BCUT2D eigenvalue weighted by molar-refractivity contribution is 0.603. The third kappa shape index (κ3) is 3.30. The Morgan fingerprint density at radius 2 is 2.05 bits per heavy atom. The zero-order valence-electron chi connectivity index (χ0n) is 11.1. The van der Waals surface area contributed by atoms with Crippen LogP contribution in [0.2, 0.25) is 4.47 Å². The molecule has 0 aliphatic carbocycles. The molecule has 0 bridgehead atoms. The number of hydrogen-bond acceptors (Lipinski definition) is 5. The maximum Gasteiger partial charge on any atom is 0.273 e. The summed E-state index contributed by atoms with van der Waals surface area (Å²) in [4.78, 5) is 6.01. The number of sulfonamides is 1. The molecule has 1 N–H and O–H groups in total. The average Bonchev–Trinajstić information content (AvgIpc) is 3.09. The standard InChI is InChI=1S/C13H14ClN3O2S2/c14-13-15-9-12(20-13)21(18,19)16-10-4-3-5-11(8-10)17-6-1-2-7-17/h3-5,8-9,16H,1-2,6-7H2. The van der Waals surface area contributed by atoms with Crippen molar-refractivity contribution in [2.24, 2.45) is 0 Å². The van der Waals surface area contributed by atoms with Gasteiger partial charge in [0.25, 0.3) is 10.0 Å². The third-order valence-electron chi connectivity index (χ3n) is 3.29. The van der Waals surface area contributed by atoms with Crippen molar-refractivity contribution < 1.29 is 8.42 Å². The highest BCUT2D eigenvalue weighted by Gasteiger charge is 2.18. The lowest BCUT2D eigenvalue weighted by Gasteiger charge is -2.18. The van der Waals surface area contributed by atoms with E-state index in [1.54, 1.807) is 6.07 Å². The van der Waals surface area contributed by atoms with E-state index in [4.69, 9.17) is 11.6 Å². The summed E-state index contributed by atoms with van der Waals surface area (Å²) in [7, 11) is -3.63. The minimum absolute atomic E-state index is 0.110. The molecule has 0 unspecified atom stereocenters. The molecule has 0 saturated carbocycles. The van der Waals surface area contributed by atoms with Gasteiger partial charge in [-0.2, -0.15) is 0 Å². The molecule has 1 fully saturated rings. The van der Waals surface area contributed by atoms with E-state index in [1.807, 2.05) is 18.2 Å². The number of hydrogen-bond donors (Lipinski definition) is 1. The molecule has 1 aliphatic heterocycles. The van der Waals surface area contributed by atoms with Crippen LogP contribution in [0.25, 0.3) is 0 Å². The predicted molar refractivity (Wildman–Crippen MR) is 85.8 cm³/mol. The second-order valence-corrected chi connectivity index (χ2v) is 8.30. The van der Waals surface area contributed by atoms with Crippen LogP contribution in [0, 0.1) is 0 Å². The minimum Gasteiger partial charge on any atom is -0.371 e. The van der Waals surface area contributed by atoms with Crippen molar-refractivity contribution in [2.75, 3.05) is 22.7 Å². The Balaban J connectivity index is 1.83. The van der Waals surface area contributed by atoms with Crippen LogP contribution in [0.5, 0.6) is 0 Å². The van der Waals surface area contributed by atoms with E-state index in [-0.39, 0.29) is 8.68 Å². The van der Waals surface area contributed by atoms with Gasteiger partial charge in [-0.3, -0.25) is 4.72 Å². The van der Waals surface area contributed by atoms with Crippen molar-refractivity contribution >= 4 is 44.3 Å². The van der Waals surface area contributed by atoms with Gasteiger partial charge in [0.2, 0.25) is 0 Å². The molecule has 0 amide bonds. The fourth-order valence-electron chi connectivity index (χ4n) is 2.31. The first-order valence-electron chi connectivity index (χ1n) is 6.54. The van der Waals surface area contributed by atoms with Gasteiger partial charge in [0.1, 0.15) is 0 Å². The second kappa shape index (κ2) is 5.82. The summed E-state index contributed by atoms with van der Waals surface area (Å²) in [6.07, 6.45) is 3.62. The van der Waals surface area contributed by atoms with Crippen molar-refractivity contribution in [3.8, 4) is 0 Å². The molecule has 21 heavy (non-hydrogen) atoms. The molecule has 0 spiro atoms. The summed E-state index contributed by atoms with van der Waals surface area (Å²) in [6, 6.07) is 7.43. The van der Waals surface area contributed by atoms with Gasteiger partial charge in [-0.15, -0.1) is 0 Å². The van der Waals surface area contributed by atoms with Crippen molar-refractivity contribution in [3.63, 3.8) is 0 Å². The van der Waals surface area contributed by atoms with Gasteiger partial charge in [-0.25, -0.2) is 13.4 Å². The SMILES string of the molecule is O=S(=O)(Nc1cccc(N2CCCC2)c1)c1cnc(Cl)s1. The molecule has 0 radical (unpaired) electrons. The third-order valence-corrected chi connectivity index (χ3v) is 6.25. The van der Waals surface area contributed by atoms with Crippen LogP contribution in [0.1, 0.15) is 12.8 Å². The first-order chi connectivity index (χ1) is 10.0. The van der Waals surface area contributed by atoms with E-state index >= 15 is 0 Å². The molecule has 1 saturated heterocycles. The Hall–Kier alpha value is -1.31. The summed E-state index contributed by atoms with van der Waals surface area (Å²) in [5.41, 5.74) is 1.58. The van der Waals surface area contributed by atoms with Crippen LogP contribution >= 0.6 is 22.9 Å². The molecule has 1 aromatic carbocycles. The fraction of sp³-hybridized carbons (Fsp3) is 0.308. The molecule has 112 valence electrons. The number of nitrogens with zero attached hydrogens (tertiary/aromatic N) is 2. The summed E-state index contributed by atoms with van der Waals surface area (Å²) in [5, 5.41) is 0. The highest BCUT2D eigenvalue weighted by atomic mass is 35.5. The Kier molecular flexibility index (Phi) is 4.05. The van der Waals surface area contributed by atoms with E-state index in [0.29, 0.717) is 5.69 Å². The maximum absolute atomic E-state index is 12.2. The maximum atomic E-state index is 12.2. The Labute approximate surface area is 132 Å². The van der Waals surface area contributed by atoms with E-state index in [2.05, 4.69) is 14.6 Å². The highest BCUT2D eigenvalue weighted by Crippen LogP contribution is 2.27. The Morgan fingerprint density at radius 3 is 2.71 bits per heavy atom. The monoisotopic (exact) mass is 343 g/mol. The summed E-state index contributed by atoms with van der Waals surface area (Å²) < 4.78 is 27.4. The number of rotatable bonds is 4. The van der Waals surface area contributed by atoms with Crippen molar-refractivity contribution in [2.45, 2.75) is 17.1 Å².